The van der Waals surface area contributed by atoms with Gasteiger partial charge in [-0.05, 0) is 49.6 Å². The van der Waals surface area contributed by atoms with E-state index in [0.717, 1.165) is 24.3 Å². The minimum absolute atomic E-state index is 0.00710. The maximum absolute atomic E-state index is 13.7. The Hall–Kier alpha value is -3.19. The highest BCUT2D eigenvalue weighted by Gasteiger charge is 2.10. The highest BCUT2D eigenvalue weighted by Crippen LogP contribution is 2.20. The number of hydrogen-bond acceptors (Lipinski definition) is 5. The molecule has 0 saturated carbocycles. The third kappa shape index (κ3) is 6.15. The van der Waals surface area contributed by atoms with E-state index in [1.54, 1.807) is 30.3 Å². The number of carboxylic acid groups (broad SMARTS) is 1. The normalized spacial score (nSPS) is 10.8. The van der Waals surface area contributed by atoms with Crippen molar-refractivity contribution in [3.05, 3.63) is 82.5 Å². The fourth-order valence-corrected chi connectivity index (χ4v) is 2.81. The van der Waals surface area contributed by atoms with E-state index in [-0.39, 0.29) is 24.6 Å². The summed E-state index contributed by atoms with van der Waals surface area (Å²) in [6.45, 7) is 2.59. The van der Waals surface area contributed by atoms with E-state index in [2.05, 4.69) is 5.16 Å². The third-order valence-corrected chi connectivity index (χ3v) is 4.23. The summed E-state index contributed by atoms with van der Waals surface area (Å²) in [6, 6.07) is 12.8. The van der Waals surface area contributed by atoms with Crippen LogP contribution in [0.15, 0.2) is 53.1 Å². The number of aromatic carboxylic acids is 1. The Morgan fingerprint density at radius 3 is 2.72 bits per heavy atom. The molecule has 0 radical (unpaired) electrons. The SMILES string of the molecule is Cc1cc(CCCOCc2cc(OCc3ccccc3F)cc(C(=O)O)c2)no1. The third-order valence-electron chi connectivity index (χ3n) is 4.23. The Morgan fingerprint density at radius 1 is 1.17 bits per heavy atom. The summed E-state index contributed by atoms with van der Waals surface area (Å²) in [4.78, 5) is 11.4. The highest BCUT2D eigenvalue weighted by molar-refractivity contribution is 5.88. The lowest BCUT2D eigenvalue weighted by atomic mass is 10.1. The van der Waals surface area contributed by atoms with Crippen molar-refractivity contribution in [2.45, 2.75) is 33.0 Å². The van der Waals surface area contributed by atoms with Gasteiger partial charge in [0.1, 0.15) is 23.9 Å². The molecule has 3 rings (SSSR count). The number of aryl methyl sites for hydroxylation is 2. The maximum Gasteiger partial charge on any atom is 0.335 e. The van der Waals surface area contributed by atoms with Gasteiger partial charge in [-0.15, -0.1) is 0 Å². The molecule has 0 aliphatic heterocycles. The van der Waals surface area contributed by atoms with Crippen LogP contribution in [-0.2, 0) is 24.4 Å². The highest BCUT2D eigenvalue weighted by atomic mass is 19.1. The molecule has 0 unspecified atom stereocenters. The molecule has 0 amide bonds. The molecule has 0 aliphatic carbocycles. The van der Waals surface area contributed by atoms with Gasteiger partial charge < -0.3 is 19.1 Å². The topological polar surface area (TPSA) is 81.8 Å². The van der Waals surface area contributed by atoms with Crippen LogP contribution >= 0.6 is 0 Å². The lowest BCUT2D eigenvalue weighted by Crippen LogP contribution is -2.04. The number of aromatic nitrogens is 1. The monoisotopic (exact) mass is 399 g/mol. The van der Waals surface area contributed by atoms with Gasteiger partial charge in [0.15, 0.2) is 0 Å². The largest absolute Gasteiger partial charge is 0.489 e. The molecule has 1 N–H and O–H groups in total. The van der Waals surface area contributed by atoms with Crippen molar-refractivity contribution in [2.24, 2.45) is 0 Å². The predicted molar refractivity (Wildman–Crippen MR) is 103 cm³/mol. The number of nitrogens with zero attached hydrogens (tertiary/aromatic N) is 1. The van der Waals surface area contributed by atoms with Crippen molar-refractivity contribution in [1.29, 1.82) is 0 Å². The van der Waals surface area contributed by atoms with Gasteiger partial charge >= 0.3 is 5.97 Å². The molecule has 1 heterocycles. The van der Waals surface area contributed by atoms with Crippen LogP contribution in [-0.4, -0.2) is 22.8 Å². The summed E-state index contributed by atoms with van der Waals surface area (Å²) in [6.07, 6.45) is 1.50. The summed E-state index contributed by atoms with van der Waals surface area (Å²) in [5, 5.41) is 13.3. The first-order valence-corrected chi connectivity index (χ1v) is 9.24. The predicted octanol–water partition coefficient (Wildman–Crippen LogP) is 4.55. The number of rotatable bonds is 10. The molecule has 7 heteroatoms. The van der Waals surface area contributed by atoms with Gasteiger partial charge in [-0.2, -0.15) is 0 Å². The van der Waals surface area contributed by atoms with E-state index < -0.39 is 5.97 Å². The van der Waals surface area contributed by atoms with Crippen molar-refractivity contribution in [3.8, 4) is 5.75 Å². The van der Waals surface area contributed by atoms with Gasteiger partial charge in [0.05, 0.1) is 17.9 Å². The van der Waals surface area contributed by atoms with E-state index >= 15 is 0 Å². The van der Waals surface area contributed by atoms with Gasteiger partial charge in [0, 0.05) is 18.2 Å². The molecule has 0 spiro atoms. The first kappa shape index (κ1) is 20.5. The zero-order chi connectivity index (χ0) is 20.6. The molecular weight excluding hydrogens is 377 g/mol. The Labute approximate surface area is 167 Å². The van der Waals surface area contributed by atoms with Crippen molar-refractivity contribution >= 4 is 5.97 Å². The number of carboxylic acids is 1. The summed E-state index contributed by atoms with van der Waals surface area (Å²) < 4.78 is 30.0. The number of halogens is 1. The van der Waals surface area contributed by atoms with Gasteiger partial charge in [-0.1, -0.05) is 23.4 Å². The molecule has 0 aliphatic rings. The van der Waals surface area contributed by atoms with Crippen molar-refractivity contribution in [1.82, 2.24) is 5.16 Å². The summed E-state index contributed by atoms with van der Waals surface area (Å²) >= 11 is 0. The minimum atomic E-state index is -1.07. The molecule has 152 valence electrons. The lowest BCUT2D eigenvalue weighted by molar-refractivity contribution is 0.0695. The molecule has 6 nitrogen and oxygen atoms in total. The van der Waals surface area contributed by atoms with Crippen LogP contribution in [0.25, 0.3) is 0 Å². The van der Waals surface area contributed by atoms with E-state index in [1.807, 2.05) is 13.0 Å². The molecule has 2 aromatic carbocycles. The Morgan fingerprint density at radius 2 is 2.00 bits per heavy atom. The van der Waals surface area contributed by atoms with Gasteiger partial charge in [-0.3, -0.25) is 0 Å². The first-order valence-electron chi connectivity index (χ1n) is 9.24. The molecule has 3 aromatic rings. The number of benzene rings is 2. The zero-order valence-electron chi connectivity index (χ0n) is 16.1. The fraction of sp³-hybridized carbons (Fsp3) is 0.273. The van der Waals surface area contributed by atoms with Crippen molar-refractivity contribution in [2.75, 3.05) is 6.61 Å². The second-order valence-corrected chi connectivity index (χ2v) is 6.64. The van der Waals surface area contributed by atoms with Gasteiger partial charge in [0.2, 0.25) is 0 Å². The van der Waals surface area contributed by atoms with Gasteiger partial charge in [0.25, 0.3) is 0 Å². The molecule has 0 fully saturated rings. The molecule has 29 heavy (non-hydrogen) atoms. The quantitative estimate of drug-likeness (QED) is 0.504. The van der Waals surface area contributed by atoms with E-state index in [1.165, 1.54) is 12.1 Å². The maximum atomic E-state index is 13.7. The molecule has 0 bridgehead atoms. The standard InChI is InChI=1S/C22H22FNO5/c1-15-9-19(24-29-15)6-4-8-27-13-16-10-18(22(25)26)12-20(11-16)28-14-17-5-2-3-7-21(17)23/h2-3,5,7,9-12H,4,6,8,13-14H2,1H3,(H,25,26). The minimum Gasteiger partial charge on any atom is -0.489 e. The van der Waals surface area contributed by atoms with Crippen LogP contribution in [0.4, 0.5) is 4.39 Å². The smallest absolute Gasteiger partial charge is 0.335 e. The van der Waals surface area contributed by atoms with Crippen LogP contribution in [0.1, 0.15) is 39.4 Å². The number of hydrogen-bond donors (Lipinski definition) is 1. The van der Waals surface area contributed by atoms with Crippen LogP contribution in [0.5, 0.6) is 5.75 Å². The van der Waals surface area contributed by atoms with E-state index in [9.17, 15) is 14.3 Å². The van der Waals surface area contributed by atoms with Gasteiger partial charge in [-0.25, -0.2) is 9.18 Å². The zero-order valence-corrected chi connectivity index (χ0v) is 16.1. The first-order chi connectivity index (χ1) is 14.0. The molecule has 0 saturated heterocycles. The average molecular weight is 399 g/mol. The Bertz CT molecular complexity index is 969. The van der Waals surface area contributed by atoms with Crippen molar-refractivity contribution < 1.29 is 28.3 Å². The van der Waals surface area contributed by atoms with Crippen LogP contribution < -0.4 is 4.74 Å². The average Bonchev–Trinajstić information content (AvgIpc) is 3.12. The molecule has 1 aromatic heterocycles. The second-order valence-electron chi connectivity index (χ2n) is 6.64. The number of ether oxygens (including phenoxy) is 2. The van der Waals surface area contributed by atoms with Crippen LogP contribution in [0.2, 0.25) is 0 Å². The lowest BCUT2D eigenvalue weighted by Gasteiger charge is -2.11. The fourth-order valence-electron chi connectivity index (χ4n) is 2.81. The molecular formula is C22H22FNO5. The Kier molecular flexibility index (Phi) is 6.97. The Balaban J connectivity index is 1.56. The van der Waals surface area contributed by atoms with E-state index in [4.69, 9.17) is 14.0 Å². The number of carbonyl (C=O) groups is 1. The summed E-state index contributed by atoms with van der Waals surface area (Å²) in [5.74, 6) is -0.309. The second kappa shape index (κ2) is 9.84. The summed E-state index contributed by atoms with van der Waals surface area (Å²) in [5.41, 5.74) is 2.04. The summed E-state index contributed by atoms with van der Waals surface area (Å²) in [7, 11) is 0. The van der Waals surface area contributed by atoms with Crippen LogP contribution in [0, 0.1) is 12.7 Å². The van der Waals surface area contributed by atoms with E-state index in [0.29, 0.717) is 23.5 Å². The van der Waals surface area contributed by atoms with Crippen LogP contribution in [0.3, 0.4) is 0 Å². The van der Waals surface area contributed by atoms with Crippen molar-refractivity contribution in [3.63, 3.8) is 0 Å². The molecule has 0 atom stereocenters.